The van der Waals surface area contributed by atoms with Gasteiger partial charge in [-0.05, 0) is 61.1 Å². The van der Waals surface area contributed by atoms with Crippen LogP contribution in [0.25, 0.3) is 0 Å². The Morgan fingerprint density at radius 2 is 1.33 bits per heavy atom. The SMILES string of the molecule is Nc1nc(N)c(C(=O)N[C@H]2CCC[N+](CCCc3ccc(OCC(=O)NCCO)cc3)(CCCc3ccc(OCC(=O)NCCO)cc3)C2)nc1Cl. The van der Waals surface area contributed by atoms with E-state index in [1.807, 2.05) is 48.5 Å². The van der Waals surface area contributed by atoms with Gasteiger partial charge in [-0.15, -0.1) is 0 Å². The molecule has 0 aliphatic carbocycles. The molecule has 1 aliphatic rings. The van der Waals surface area contributed by atoms with Crippen molar-refractivity contribution in [2.45, 2.75) is 44.6 Å². The molecule has 0 bridgehead atoms. The van der Waals surface area contributed by atoms with Crippen molar-refractivity contribution >= 4 is 41.0 Å². The van der Waals surface area contributed by atoms with Gasteiger partial charge >= 0.3 is 0 Å². The number of aliphatic hydroxyl groups is 2. The largest absolute Gasteiger partial charge is 0.484 e. The third kappa shape index (κ3) is 12.8. The van der Waals surface area contributed by atoms with E-state index in [0.717, 1.165) is 80.3 Å². The number of anilines is 2. The highest BCUT2D eigenvalue weighted by atomic mass is 35.5. The van der Waals surface area contributed by atoms with Crippen LogP contribution < -0.4 is 36.9 Å². The first kappa shape index (κ1) is 40.1. The van der Waals surface area contributed by atoms with E-state index < -0.39 is 5.91 Å². The second-order valence-electron chi connectivity index (χ2n) is 12.9. The Bertz CT molecular complexity index is 1540. The predicted octanol–water partition coefficient (Wildman–Crippen LogP) is 1.24. The van der Waals surface area contributed by atoms with Gasteiger partial charge in [0, 0.05) is 25.9 Å². The molecule has 1 fully saturated rings. The minimum Gasteiger partial charge on any atom is -0.484 e. The normalized spacial score (nSPS) is 15.0. The summed E-state index contributed by atoms with van der Waals surface area (Å²) in [5.74, 6) is 0.0709. The maximum absolute atomic E-state index is 13.2. The first-order valence-corrected chi connectivity index (χ1v) is 17.9. The second-order valence-corrected chi connectivity index (χ2v) is 13.2. The zero-order chi connectivity index (χ0) is 37.3. The van der Waals surface area contributed by atoms with Crippen molar-refractivity contribution < 1.29 is 38.6 Å². The zero-order valence-electron chi connectivity index (χ0n) is 29.3. The third-order valence-corrected chi connectivity index (χ3v) is 9.18. The van der Waals surface area contributed by atoms with Crippen LogP contribution in [-0.2, 0) is 22.4 Å². The number of benzene rings is 2. The monoisotopic (exact) mass is 741 g/mol. The Labute approximate surface area is 308 Å². The van der Waals surface area contributed by atoms with Crippen LogP contribution in [0.3, 0.4) is 0 Å². The van der Waals surface area contributed by atoms with Crippen LogP contribution in [0.5, 0.6) is 11.5 Å². The molecule has 1 atom stereocenters. The molecule has 9 N–H and O–H groups in total. The average Bonchev–Trinajstić information content (AvgIpc) is 3.14. The smallest absolute Gasteiger partial charge is 0.274 e. The van der Waals surface area contributed by atoms with E-state index in [4.69, 9.17) is 42.8 Å². The first-order valence-electron chi connectivity index (χ1n) is 17.5. The summed E-state index contributed by atoms with van der Waals surface area (Å²) in [7, 11) is 0. The standard InChI is InChI=1S/C36H49ClN8O7/c37-33-35(39)44-34(38)32(43-33)36(50)42-27-6-3-19-45(22-27,17-1-4-25-7-11-28(12-8-25)51-23-30(48)40-15-20-46)18-2-5-26-9-13-29(14-10-26)52-24-31(49)41-16-21-47/h7-14,27,46-47H,1-6,15-24H2,(H6-,38,39,40,41,42,44,48,49,50)/p+1/t27-/m0/s1. The molecule has 3 aromatic rings. The van der Waals surface area contributed by atoms with Gasteiger partial charge in [-0.2, -0.15) is 0 Å². The van der Waals surface area contributed by atoms with Crippen molar-refractivity contribution in [3.8, 4) is 11.5 Å². The number of ether oxygens (including phenoxy) is 2. The molecular weight excluding hydrogens is 692 g/mol. The number of aliphatic hydroxyl groups excluding tert-OH is 2. The summed E-state index contributed by atoms with van der Waals surface area (Å²) in [6, 6.07) is 15.3. The fourth-order valence-electron chi connectivity index (χ4n) is 6.35. The molecule has 0 radical (unpaired) electrons. The van der Waals surface area contributed by atoms with E-state index in [0.29, 0.717) is 11.5 Å². The van der Waals surface area contributed by atoms with Crippen molar-refractivity contribution in [2.24, 2.45) is 0 Å². The number of nitrogens with one attached hydrogen (secondary N) is 3. The average molecular weight is 742 g/mol. The lowest BCUT2D eigenvalue weighted by Crippen LogP contribution is -2.60. The zero-order valence-corrected chi connectivity index (χ0v) is 30.1. The molecule has 2 heterocycles. The highest BCUT2D eigenvalue weighted by Crippen LogP contribution is 2.25. The van der Waals surface area contributed by atoms with Crippen LogP contribution in [0.4, 0.5) is 11.6 Å². The quantitative estimate of drug-likeness (QED) is 0.0816. The van der Waals surface area contributed by atoms with E-state index in [1.165, 1.54) is 0 Å². The van der Waals surface area contributed by atoms with E-state index in [-0.39, 0.29) is 79.9 Å². The minimum atomic E-state index is -0.432. The number of halogens is 1. The van der Waals surface area contributed by atoms with Gasteiger partial charge in [0.15, 0.2) is 35.7 Å². The first-order chi connectivity index (χ1) is 25.1. The van der Waals surface area contributed by atoms with Crippen LogP contribution >= 0.6 is 11.6 Å². The van der Waals surface area contributed by atoms with E-state index in [2.05, 4.69) is 25.9 Å². The molecule has 4 rings (SSSR count). The number of carbonyl (C=O) groups is 3. The maximum Gasteiger partial charge on any atom is 0.274 e. The Morgan fingerprint density at radius 1 is 0.808 bits per heavy atom. The molecule has 0 saturated carbocycles. The van der Waals surface area contributed by atoms with Crippen molar-refractivity contribution in [3.05, 3.63) is 70.5 Å². The third-order valence-electron chi connectivity index (χ3n) is 8.90. The van der Waals surface area contributed by atoms with Gasteiger partial charge in [0.25, 0.3) is 17.7 Å². The van der Waals surface area contributed by atoms with Crippen LogP contribution in [0, 0.1) is 0 Å². The lowest BCUT2D eigenvalue weighted by atomic mass is 9.99. The summed E-state index contributed by atoms with van der Waals surface area (Å²) in [6.07, 6.45) is 5.31. The van der Waals surface area contributed by atoms with E-state index in [1.54, 1.807) is 0 Å². The lowest BCUT2D eigenvalue weighted by Gasteiger charge is -2.45. The molecule has 1 saturated heterocycles. The summed E-state index contributed by atoms with van der Waals surface area (Å²) in [6.45, 7) is 3.44. The van der Waals surface area contributed by atoms with Gasteiger partial charge in [-0.3, -0.25) is 14.4 Å². The number of aryl methyl sites for hydroxylation is 2. The highest BCUT2D eigenvalue weighted by molar-refractivity contribution is 6.31. The molecule has 2 aromatic carbocycles. The molecule has 16 heteroatoms. The summed E-state index contributed by atoms with van der Waals surface area (Å²) in [4.78, 5) is 44.8. The van der Waals surface area contributed by atoms with Crippen molar-refractivity contribution in [1.82, 2.24) is 25.9 Å². The Hall–Kier alpha value is -4.70. The Kier molecular flexibility index (Phi) is 15.7. The van der Waals surface area contributed by atoms with Crippen molar-refractivity contribution in [2.75, 3.05) is 77.2 Å². The molecule has 1 aromatic heterocycles. The fourth-order valence-corrected chi connectivity index (χ4v) is 6.48. The van der Waals surface area contributed by atoms with Crippen molar-refractivity contribution in [3.63, 3.8) is 0 Å². The van der Waals surface area contributed by atoms with Gasteiger partial charge in [-0.25, -0.2) is 9.97 Å². The molecular formula is C36H50ClN8O7+. The van der Waals surface area contributed by atoms with Gasteiger partial charge in [0.2, 0.25) is 0 Å². The summed E-state index contributed by atoms with van der Waals surface area (Å²) in [5, 5.41) is 25.9. The number of carbonyl (C=O) groups excluding carboxylic acids is 3. The van der Waals surface area contributed by atoms with E-state index in [9.17, 15) is 14.4 Å². The molecule has 52 heavy (non-hydrogen) atoms. The molecule has 3 amide bonds. The maximum atomic E-state index is 13.2. The number of rotatable bonds is 20. The number of nitrogens with two attached hydrogens (primary N) is 2. The Balaban J connectivity index is 1.36. The van der Waals surface area contributed by atoms with Gasteiger partial charge < -0.3 is 51.6 Å². The topological polar surface area (TPSA) is 224 Å². The van der Waals surface area contributed by atoms with Crippen LogP contribution in [-0.4, -0.2) is 114 Å². The van der Waals surface area contributed by atoms with Gasteiger partial charge in [0.05, 0.1) is 45.4 Å². The molecule has 0 unspecified atom stereocenters. The van der Waals surface area contributed by atoms with Gasteiger partial charge in [-0.1, -0.05) is 35.9 Å². The second kappa shape index (κ2) is 20.4. The summed E-state index contributed by atoms with van der Waals surface area (Å²) >= 11 is 6.04. The number of amides is 3. The fraction of sp³-hybridized carbons (Fsp3) is 0.472. The number of nitrogens with zero attached hydrogens (tertiary/aromatic N) is 3. The Morgan fingerprint density at radius 3 is 1.83 bits per heavy atom. The lowest BCUT2D eigenvalue weighted by molar-refractivity contribution is -0.933. The molecule has 282 valence electrons. The number of nitrogen functional groups attached to an aromatic ring is 2. The number of hydrogen-bond donors (Lipinski definition) is 7. The van der Waals surface area contributed by atoms with Crippen molar-refractivity contribution in [1.29, 1.82) is 0 Å². The molecule has 0 spiro atoms. The molecule has 1 aliphatic heterocycles. The number of piperidine rings is 1. The summed E-state index contributed by atoms with van der Waals surface area (Å²) in [5.41, 5.74) is 13.9. The van der Waals surface area contributed by atoms with Crippen LogP contribution in [0.15, 0.2) is 48.5 Å². The number of quaternary nitrogens is 1. The predicted molar refractivity (Wildman–Crippen MR) is 197 cm³/mol. The highest BCUT2D eigenvalue weighted by Gasteiger charge is 2.35. The number of hydrogen-bond acceptors (Lipinski definition) is 11. The van der Waals surface area contributed by atoms with Gasteiger partial charge in [0.1, 0.15) is 11.5 Å². The van der Waals surface area contributed by atoms with E-state index >= 15 is 0 Å². The summed E-state index contributed by atoms with van der Waals surface area (Å²) < 4.78 is 12.0. The number of likely N-dealkylation sites (tertiary alicyclic amines) is 1. The van der Waals surface area contributed by atoms with Crippen LogP contribution in [0.1, 0.15) is 47.3 Å². The van der Waals surface area contributed by atoms with Crippen LogP contribution in [0.2, 0.25) is 5.15 Å². The number of aromatic nitrogens is 2. The minimum absolute atomic E-state index is 0.0308. The molecule has 15 nitrogen and oxygen atoms in total.